The van der Waals surface area contributed by atoms with Gasteiger partial charge < -0.3 is 0 Å². The number of rotatable bonds is 6. The summed E-state index contributed by atoms with van der Waals surface area (Å²) in [5.74, 6) is -0.568. The summed E-state index contributed by atoms with van der Waals surface area (Å²) >= 11 is 1.11. The summed E-state index contributed by atoms with van der Waals surface area (Å²) in [5, 5.41) is 14.6. The summed E-state index contributed by atoms with van der Waals surface area (Å²) in [7, 11) is 0. The minimum absolute atomic E-state index is 0.121. The molecule has 2 N–H and O–H groups in total. The number of aromatic nitrogens is 3. The average Bonchev–Trinajstić information content (AvgIpc) is 2.87. The second-order valence-corrected chi connectivity index (χ2v) is 8.20. The molecule has 2 aromatic heterocycles. The van der Waals surface area contributed by atoms with E-state index in [4.69, 9.17) is 0 Å². The normalized spacial score (nSPS) is 10.8. The predicted octanol–water partition coefficient (Wildman–Crippen LogP) is 4.99. The van der Waals surface area contributed by atoms with Gasteiger partial charge in [0.15, 0.2) is 5.03 Å². The largest absolute Gasteiger partial charge is 0.345 e. The zero-order valence-electron chi connectivity index (χ0n) is 17.5. The van der Waals surface area contributed by atoms with E-state index in [1.165, 1.54) is 6.33 Å². The monoisotopic (exact) mass is 468 g/mol. The maximum Gasteiger partial charge on any atom is 0.345 e. The molecule has 0 spiro atoms. The van der Waals surface area contributed by atoms with Crippen LogP contribution in [0.4, 0.5) is 11.5 Å². The SMILES string of the molecule is O=C(NNc1ncnc(Sc2cccc3cccnc23)c1[N+](=O)[O-])c1cccc2ccccc12. The molecule has 0 radical (unpaired) electrons. The van der Waals surface area contributed by atoms with Crippen LogP contribution in [-0.2, 0) is 0 Å². The molecule has 1 amide bonds. The van der Waals surface area contributed by atoms with Gasteiger partial charge in [0, 0.05) is 22.0 Å². The van der Waals surface area contributed by atoms with Gasteiger partial charge in [0.2, 0.25) is 5.82 Å². The van der Waals surface area contributed by atoms with Crippen molar-refractivity contribution in [1.29, 1.82) is 0 Å². The van der Waals surface area contributed by atoms with E-state index in [-0.39, 0.29) is 16.5 Å². The average molecular weight is 468 g/mol. The summed E-state index contributed by atoms with van der Waals surface area (Å²) < 4.78 is 0. The lowest BCUT2D eigenvalue weighted by atomic mass is 10.0. The smallest absolute Gasteiger partial charge is 0.276 e. The first kappa shape index (κ1) is 21.3. The Hall–Kier alpha value is -4.57. The number of amides is 1. The highest BCUT2D eigenvalue weighted by atomic mass is 32.2. The third kappa shape index (κ3) is 4.09. The number of carbonyl (C=O) groups is 1. The van der Waals surface area contributed by atoms with Gasteiger partial charge in [-0.05, 0) is 29.0 Å². The minimum Gasteiger partial charge on any atom is -0.276 e. The molecular formula is C24H16N6O3S. The van der Waals surface area contributed by atoms with Crippen LogP contribution in [0.3, 0.4) is 0 Å². The Morgan fingerprint density at radius 2 is 1.65 bits per heavy atom. The fraction of sp³-hybridized carbons (Fsp3) is 0. The third-order valence-corrected chi connectivity index (χ3v) is 6.14. The zero-order valence-corrected chi connectivity index (χ0v) is 18.3. The van der Waals surface area contributed by atoms with Gasteiger partial charge in [-0.1, -0.05) is 66.4 Å². The molecule has 0 aliphatic rings. The van der Waals surface area contributed by atoms with Gasteiger partial charge in [0.1, 0.15) is 6.33 Å². The van der Waals surface area contributed by atoms with Crippen LogP contribution < -0.4 is 10.9 Å². The van der Waals surface area contributed by atoms with Gasteiger partial charge in [-0.2, -0.15) is 0 Å². The van der Waals surface area contributed by atoms with E-state index >= 15 is 0 Å². The van der Waals surface area contributed by atoms with Gasteiger partial charge in [-0.25, -0.2) is 9.97 Å². The highest BCUT2D eigenvalue weighted by Gasteiger charge is 2.25. The van der Waals surface area contributed by atoms with E-state index in [9.17, 15) is 14.9 Å². The number of hydrogen-bond donors (Lipinski definition) is 2. The van der Waals surface area contributed by atoms with E-state index in [0.29, 0.717) is 16.0 Å². The van der Waals surface area contributed by atoms with Crippen LogP contribution in [0.2, 0.25) is 0 Å². The topological polar surface area (TPSA) is 123 Å². The van der Waals surface area contributed by atoms with Gasteiger partial charge in [0.25, 0.3) is 5.91 Å². The maximum atomic E-state index is 12.8. The molecule has 0 atom stereocenters. The Labute approximate surface area is 197 Å². The summed E-state index contributed by atoms with van der Waals surface area (Å²) in [5.41, 5.74) is 5.91. The van der Waals surface area contributed by atoms with Crippen molar-refractivity contribution < 1.29 is 9.72 Å². The van der Waals surface area contributed by atoms with Crippen LogP contribution in [0.5, 0.6) is 0 Å². The van der Waals surface area contributed by atoms with Crippen LogP contribution in [0.25, 0.3) is 21.7 Å². The standard InChI is InChI=1S/C24H16N6O3S/c31-23(18-11-3-7-15-6-1-2-10-17(15)18)29-28-22-21(30(32)33)24(27-14-26-22)34-19-12-4-8-16-9-5-13-25-20(16)19/h1-14H,(H,29,31)(H,26,27,28). The fourth-order valence-electron chi connectivity index (χ4n) is 3.56. The number of benzene rings is 3. The molecular weight excluding hydrogens is 452 g/mol. The number of hydrazine groups is 1. The fourth-order valence-corrected chi connectivity index (χ4v) is 4.55. The van der Waals surface area contributed by atoms with E-state index in [2.05, 4.69) is 25.8 Å². The van der Waals surface area contributed by atoms with Gasteiger partial charge in [-0.15, -0.1) is 0 Å². The van der Waals surface area contributed by atoms with Crippen LogP contribution >= 0.6 is 11.8 Å². The number of para-hydroxylation sites is 1. The summed E-state index contributed by atoms with van der Waals surface area (Å²) in [6.07, 6.45) is 2.87. The van der Waals surface area contributed by atoms with E-state index in [1.807, 2.05) is 60.7 Å². The van der Waals surface area contributed by atoms with E-state index in [1.54, 1.807) is 18.3 Å². The maximum absolute atomic E-state index is 12.8. The Morgan fingerprint density at radius 3 is 2.53 bits per heavy atom. The molecule has 0 unspecified atom stereocenters. The number of pyridine rings is 1. The molecule has 166 valence electrons. The molecule has 34 heavy (non-hydrogen) atoms. The van der Waals surface area contributed by atoms with Crippen molar-refractivity contribution in [2.24, 2.45) is 0 Å². The Bertz CT molecular complexity index is 1550. The molecule has 3 aromatic carbocycles. The number of nitrogens with zero attached hydrogens (tertiary/aromatic N) is 4. The van der Waals surface area contributed by atoms with Crippen molar-refractivity contribution >= 4 is 50.8 Å². The number of nitrogens with one attached hydrogen (secondary N) is 2. The number of hydrogen-bond acceptors (Lipinski definition) is 8. The molecule has 2 heterocycles. The Kier molecular flexibility index (Phi) is 5.71. The highest BCUT2D eigenvalue weighted by molar-refractivity contribution is 7.99. The lowest BCUT2D eigenvalue weighted by Gasteiger charge is -2.11. The van der Waals surface area contributed by atoms with Crippen LogP contribution in [0.15, 0.2) is 95.2 Å². The first-order valence-corrected chi connectivity index (χ1v) is 11.0. The van der Waals surface area contributed by atoms with Crippen LogP contribution in [0.1, 0.15) is 10.4 Å². The molecule has 5 aromatic rings. The van der Waals surface area contributed by atoms with Crippen LogP contribution in [0, 0.1) is 10.1 Å². The molecule has 0 saturated heterocycles. The van der Waals surface area contributed by atoms with Gasteiger partial charge >= 0.3 is 5.69 Å². The second-order valence-electron chi connectivity index (χ2n) is 7.17. The second kappa shape index (κ2) is 9.12. The molecule has 0 bridgehead atoms. The van der Waals surface area contributed by atoms with Crippen molar-refractivity contribution in [2.45, 2.75) is 9.92 Å². The summed E-state index contributed by atoms with van der Waals surface area (Å²) in [6.45, 7) is 0. The lowest BCUT2D eigenvalue weighted by Crippen LogP contribution is -2.30. The van der Waals surface area contributed by atoms with Crippen molar-refractivity contribution in [3.05, 3.63) is 101 Å². The molecule has 5 rings (SSSR count). The lowest BCUT2D eigenvalue weighted by molar-refractivity contribution is -0.387. The Morgan fingerprint density at radius 1 is 0.882 bits per heavy atom. The van der Waals surface area contributed by atoms with Crippen molar-refractivity contribution in [3.8, 4) is 0 Å². The summed E-state index contributed by atoms with van der Waals surface area (Å²) in [4.78, 5) is 37.4. The first-order valence-electron chi connectivity index (χ1n) is 10.2. The van der Waals surface area contributed by atoms with Crippen molar-refractivity contribution in [2.75, 3.05) is 5.43 Å². The van der Waals surface area contributed by atoms with Gasteiger partial charge in [-0.3, -0.25) is 30.7 Å². The number of nitro groups is 1. The van der Waals surface area contributed by atoms with Crippen LogP contribution in [-0.4, -0.2) is 25.8 Å². The highest BCUT2D eigenvalue weighted by Crippen LogP contribution is 2.38. The molecule has 10 heteroatoms. The van der Waals surface area contributed by atoms with Gasteiger partial charge in [0.05, 0.1) is 10.4 Å². The predicted molar refractivity (Wildman–Crippen MR) is 130 cm³/mol. The first-order chi connectivity index (χ1) is 16.6. The quantitative estimate of drug-likeness (QED) is 0.203. The number of anilines is 1. The molecule has 0 aliphatic carbocycles. The zero-order chi connectivity index (χ0) is 23.5. The van der Waals surface area contributed by atoms with E-state index < -0.39 is 10.8 Å². The minimum atomic E-state index is -0.576. The number of carbonyl (C=O) groups excluding carboxylic acids is 1. The summed E-state index contributed by atoms with van der Waals surface area (Å²) in [6, 6.07) is 22.2. The third-order valence-electron chi connectivity index (χ3n) is 5.10. The van der Waals surface area contributed by atoms with E-state index in [0.717, 1.165) is 27.9 Å². The molecule has 0 fully saturated rings. The number of fused-ring (bicyclic) bond motifs is 2. The molecule has 0 aliphatic heterocycles. The Balaban J connectivity index is 1.44. The van der Waals surface area contributed by atoms with Crippen molar-refractivity contribution in [3.63, 3.8) is 0 Å². The molecule has 9 nitrogen and oxygen atoms in total. The van der Waals surface area contributed by atoms with Crippen molar-refractivity contribution in [1.82, 2.24) is 20.4 Å². The molecule has 0 saturated carbocycles.